The molecule has 1 aromatic heterocycles. The van der Waals surface area contributed by atoms with Gasteiger partial charge in [0.05, 0.1) is 5.69 Å². The van der Waals surface area contributed by atoms with Crippen LogP contribution in [0.3, 0.4) is 0 Å². The average Bonchev–Trinajstić information content (AvgIpc) is 3.14. The average molecular weight is 628 g/mol. The van der Waals surface area contributed by atoms with E-state index in [0.29, 0.717) is 0 Å². The van der Waals surface area contributed by atoms with Crippen molar-refractivity contribution in [2.75, 3.05) is 0 Å². The number of aromatic nitrogens is 1. The lowest BCUT2D eigenvalue weighted by Crippen LogP contribution is -1.98. The number of pyridine rings is 1. The van der Waals surface area contributed by atoms with Crippen LogP contribution in [0.1, 0.15) is 70.8 Å². The van der Waals surface area contributed by atoms with Gasteiger partial charge in [-0.1, -0.05) is 148 Å². The van der Waals surface area contributed by atoms with Crippen LogP contribution in [0.5, 0.6) is 0 Å². The number of hydrogen-bond donors (Lipinski definition) is 0. The number of benzene rings is 3. The van der Waals surface area contributed by atoms with E-state index in [1.807, 2.05) is 18.3 Å². The summed E-state index contributed by atoms with van der Waals surface area (Å²) in [6, 6.07) is 32.1. The smallest absolute Gasteiger partial charge is 0.0702 e. The van der Waals surface area contributed by atoms with Gasteiger partial charge in [0.1, 0.15) is 0 Å². The van der Waals surface area contributed by atoms with Crippen LogP contribution in [0.2, 0.25) is 0 Å². The molecule has 1 heteroatoms. The molecule has 0 unspecified atom stereocenters. The van der Waals surface area contributed by atoms with E-state index >= 15 is 0 Å². The maximum Gasteiger partial charge on any atom is 0.0702 e. The van der Waals surface area contributed by atoms with Gasteiger partial charge in [-0.15, -0.1) is 0 Å². The topological polar surface area (TPSA) is 12.9 Å². The van der Waals surface area contributed by atoms with Crippen LogP contribution in [-0.4, -0.2) is 4.98 Å². The monoisotopic (exact) mass is 627 g/mol. The van der Waals surface area contributed by atoms with E-state index < -0.39 is 0 Å². The van der Waals surface area contributed by atoms with E-state index in [0.717, 1.165) is 35.2 Å². The van der Waals surface area contributed by atoms with Crippen LogP contribution in [-0.2, 0) is 0 Å². The van der Waals surface area contributed by atoms with Crippen LogP contribution in [0.25, 0.3) is 39.1 Å². The van der Waals surface area contributed by atoms with Crippen molar-refractivity contribution in [2.24, 2.45) is 0 Å². The lowest BCUT2D eigenvalue weighted by atomic mass is 9.88. The third-order valence-electron chi connectivity index (χ3n) is 8.97. The molecule has 0 spiro atoms. The van der Waals surface area contributed by atoms with Gasteiger partial charge >= 0.3 is 0 Å². The Morgan fingerprint density at radius 1 is 0.583 bits per heavy atom. The normalized spacial score (nSPS) is 16.8. The Morgan fingerprint density at radius 3 is 1.90 bits per heavy atom. The molecule has 1 nitrogen and oxygen atoms in total. The van der Waals surface area contributed by atoms with Crippen LogP contribution < -0.4 is 0 Å². The molecule has 0 N–H and O–H groups in total. The largest absolute Gasteiger partial charge is 0.256 e. The summed E-state index contributed by atoms with van der Waals surface area (Å²) in [6.07, 6.45) is 31.8. The molecule has 1 aliphatic carbocycles. The summed E-state index contributed by atoms with van der Waals surface area (Å²) >= 11 is 0. The molecule has 1 saturated carbocycles. The second kappa shape index (κ2) is 18.4. The molecular formula is C47H49N. The summed E-state index contributed by atoms with van der Waals surface area (Å²) in [6.45, 7) is 8.64. The third kappa shape index (κ3) is 9.75. The van der Waals surface area contributed by atoms with E-state index in [2.05, 4.69) is 159 Å². The fourth-order valence-corrected chi connectivity index (χ4v) is 6.39. The first-order chi connectivity index (χ1) is 23.7. The summed E-state index contributed by atoms with van der Waals surface area (Å²) in [5.74, 6) is 0. The predicted molar refractivity (Wildman–Crippen MR) is 210 cm³/mol. The van der Waals surface area contributed by atoms with Crippen molar-refractivity contribution in [3.8, 4) is 33.5 Å². The number of allylic oxidation sites excluding steroid dienone is 13. The standard InChI is InChI=1S/C47H49N/c1-4-6-22-39-23-11-9-7-8-10-12-31-46(39)38(20-5-2)24-14-13-21-37(3)40-25-17-26-41(34-40)42-27-18-28-43(35-42)44-29-19-30-45(36-44)47-32-15-16-33-48-47/h4-6,13-22,24-30,32-36H,3,7-12,23,31H2,1-2H3/b6-4-,20-5-,21-13-,24-14+,39-22+,46-38-. The Kier molecular flexibility index (Phi) is 13.1. The first kappa shape index (κ1) is 34.3. The fourth-order valence-electron chi connectivity index (χ4n) is 6.39. The molecule has 48 heavy (non-hydrogen) atoms. The summed E-state index contributed by atoms with van der Waals surface area (Å²) in [5.41, 5.74) is 13.2. The molecule has 0 radical (unpaired) electrons. The van der Waals surface area contributed by atoms with Crippen LogP contribution in [0.4, 0.5) is 0 Å². The molecule has 0 saturated heterocycles. The summed E-state index contributed by atoms with van der Waals surface area (Å²) in [5, 5.41) is 0. The quantitative estimate of drug-likeness (QED) is 0.168. The summed E-state index contributed by atoms with van der Waals surface area (Å²) in [7, 11) is 0. The highest BCUT2D eigenvalue weighted by Gasteiger charge is 2.11. The van der Waals surface area contributed by atoms with Crippen molar-refractivity contribution in [1.29, 1.82) is 0 Å². The summed E-state index contributed by atoms with van der Waals surface area (Å²) < 4.78 is 0. The molecule has 1 fully saturated rings. The van der Waals surface area contributed by atoms with Crippen molar-refractivity contribution in [2.45, 2.75) is 65.2 Å². The van der Waals surface area contributed by atoms with Crippen molar-refractivity contribution in [3.05, 3.63) is 181 Å². The van der Waals surface area contributed by atoms with Gasteiger partial charge in [-0.2, -0.15) is 0 Å². The van der Waals surface area contributed by atoms with Crippen molar-refractivity contribution < 1.29 is 0 Å². The van der Waals surface area contributed by atoms with Crippen molar-refractivity contribution in [3.63, 3.8) is 0 Å². The second-order valence-corrected chi connectivity index (χ2v) is 12.5. The molecular weight excluding hydrogens is 579 g/mol. The third-order valence-corrected chi connectivity index (χ3v) is 8.97. The minimum absolute atomic E-state index is 0.982. The fraction of sp³-hybridized carbons (Fsp3) is 0.213. The lowest BCUT2D eigenvalue weighted by molar-refractivity contribution is 0.578. The first-order valence-corrected chi connectivity index (χ1v) is 17.6. The van der Waals surface area contributed by atoms with Gasteiger partial charge in [0, 0.05) is 11.8 Å². The van der Waals surface area contributed by atoms with Gasteiger partial charge in [0.2, 0.25) is 0 Å². The highest BCUT2D eigenvalue weighted by Crippen LogP contribution is 2.32. The maximum absolute atomic E-state index is 4.54. The van der Waals surface area contributed by atoms with Crippen molar-refractivity contribution >= 4 is 5.57 Å². The Bertz CT molecular complexity index is 1840. The zero-order valence-electron chi connectivity index (χ0n) is 28.7. The zero-order valence-corrected chi connectivity index (χ0v) is 28.7. The molecule has 3 aromatic carbocycles. The molecule has 5 rings (SSSR count). The Morgan fingerprint density at radius 2 is 1.21 bits per heavy atom. The second-order valence-electron chi connectivity index (χ2n) is 12.5. The highest BCUT2D eigenvalue weighted by atomic mass is 14.7. The maximum atomic E-state index is 4.54. The van der Waals surface area contributed by atoms with E-state index in [1.54, 1.807) is 0 Å². The van der Waals surface area contributed by atoms with Crippen molar-refractivity contribution in [1.82, 2.24) is 4.98 Å². The van der Waals surface area contributed by atoms with Crippen LogP contribution in [0, 0.1) is 0 Å². The highest BCUT2D eigenvalue weighted by molar-refractivity contribution is 5.79. The first-order valence-electron chi connectivity index (χ1n) is 17.6. The molecule has 0 bridgehead atoms. The van der Waals surface area contributed by atoms with E-state index in [-0.39, 0.29) is 0 Å². The van der Waals surface area contributed by atoms with Gasteiger partial charge in [-0.05, 0) is 120 Å². The van der Waals surface area contributed by atoms with Crippen LogP contribution >= 0.6 is 0 Å². The lowest BCUT2D eigenvalue weighted by Gasteiger charge is -2.17. The predicted octanol–water partition coefficient (Wildman–Crippen LogP) is 13.7. The minimum atomic E-state index is 0.982. The SMILES string of the molecule is C=C(\C=C/C=C/C(/C=C\C)=C1/CCCCCCCC/C1=C\C=C/C)c1cccc(-c2cccc(-c3cccc(-c4ccccn4)c3)c2)c1. The van der Waals surface area contributed by atoms with Gasteiger partial charge in [0.25, 0.3) is 0 Å². The van der Waals surface area contributed by atoms with E-state index in [4.69, 9.17) is 0 Å². The van der Waals surface area contributed by atoms with Gasteiger partial charge in [-0.25, -0.2) is 0 Å². The van der Waals surface area contributed by atoms with Gasteiger partial charge < -0.3 is 0 Å². The molecule has 0 atom stereocenters. The Labute approximate surface area is 289 Å². The summed E-state index contributed by atoms with van der Waals surface area (Å²) in [4.78, 5) is 4.54. The Balaban J connectivity index is 1.34. The number of rotatable bonds is 9. The molecule has 242 valence electrons. The number of hydrogen-bond acceptors (Lipinski definition) is 1. The molecule has 1 aliphatic rings. The molecule has 0 amide bonds. The van der Waals surface area contributed by atoms with Crippen LogP contribution in [0.15, 0.2) is 175 Å². The zero-order chi connectivity index (χ0) is 33.4. The molecule has 4 aromatic rings. The molecule has 0 aliphatic heterocycles. The van der Waals surface area contributed by atoms with Gasteiger partial charge in [-0.3, -0.25) is 4.98 Å². The Hall–Kier alpha value is -5.01. The van der Waals surface area contributed by atoms with E-state index in [9.17, 15) is 0 Å². The van der Waals surface area contributed by atoms with E-state index in [1.165, 1.54) is 77.5 Å². The number of nitrogens with zero attached hydrogens (tertiary/aromatic N) is 1. The van der Waals surface area contributed by atoms with Gasteiger partial charge in [0.15, 0.2) is 0 Å². The minimum Gasteiger partial charge on any atom is -0.256 e. The molecule has 1 heterocycles.